The van der Waals surface area contributed by atoms with Crippen LogP contribution in [0.4, 0.5) is 5.82 Å². The van der Waals surface area contributed by atoms with Crippen LogP contribution in [0, 0.1) is 11.8 Å². The van der Waals surface area contributed by atoms with Crippen LogP contribution in [-0.4, -0.2) is 72.1 Å². The average Bonchev–Trinajstić information content (AvgIpc) is 3.56. The summed E-state index contributed by atoms with van der Waals surface area (Å²) in [6.45, 7) is 9.01. The van der Waals surface area contributed by atoms with E-state index in [1.807, 2.05) is 48.8 Å². The third kappa shape index (κ3) is 6.15. The van der Waals surface area contributed by atoms with Crippen molar-refractivity contribution < 1.29 is 14.3 Å². The zero-order valence-electron chi connectivity index (χ0n) is 25.9. The van der Waals surface area contributed by atoms with Crippen LogP contribution in [0.1, 0.15) is 52.3 Å². The van der Waals surface area contributed by atoms with Gasteiger partial charge in [0, 0.05) is 33.1 Å². The molecule has 224 valence electrons. The minimum atomic E-state index is -2.78. The van der Waals surface area contributed by atoms with Crippen LogP contribution in [-0.2, 0) is 9.16 Å². The standard InChI is InChI=1S/C34H41N5O3Si/c1-7-8-15-25-21-39(33-31(25)32(35-23-36-33)37-24-38(5)6)30-20-28(40)29(42-30)22-41-43(34(2,3)4,26-16-11-9-12-17-26)27-18-13-10-14-19-27/h9-14,16-19,21,23-24,28-30,40H,7,20,22H2,1-6H3. The van der Waals surface area contributed by atoms with E-state index in [-0.39, 0.29) is 11.6 Å². The van der Waals surface area contributed by atoms with Crippen LogP contribution in [0.15, 0.2) is 78.2 Å². The smallest absolute Gasteiger partial charge is 0.261 e. The van der Waals surface area contributed by atoms with Crippen molar-refractivity contribution in [2.24, 2.45) is 4.99 Å². The van der Waals surface area contributed by atoms with E-state index >= 15 is 0 Å². The van der Waals surface area contributed by atoms with E-state index in [2.05, 4.69) is 96.1 Å². The molecule has 2 aromatic carbocycles. The molecule has 2 aromatic heterocycles. The summed E-state index contributed by atoms with van der Waals surface area (Å²) >= 11 is 0. The molecule has 0 bridgehead atoms. The van der Waals surface area contributed by atoms with Gasteiger partial charge in [-0.15, -0.1) is 0 Å². The maximum Gasteiger partial charge on any atom is 0.261 e. The molecule has 0 saturated carbocycles. The van der Waals surface area contributed by atoms with Gasteiger partial charge < -0.3 is 23.7 Å². The second-order valence-corrected chi connectivity index (χ2v) is 16.4. The summed E-state index contributed by atoms with van der Waals surface area (Å²) in [5.74, 6) is 6.96. The molecule has 3 heterocycles. The Morgan fingerprint density at radius 3 is 2.33 bits per heavy atom. The lowest BCUT2D eigenvalue weighted by Crippen LogP contribution is -2.67. The van der Waals surface area contributed by atoms with Crippen molar-refractivity contribution in [1.82, 2.24) is 19.4 Å². The Hall–Kier alpha value is -3.81. The average molecular weight is 596 g/mol. The molecule has 1 fully saturated rings. The predicted molar refractivity (Wildman–Crippen MR) is 175 cm³/mol. The zero-order chi connectivity index (χ0) is 30.6. The Kier molecular flexibility index (Phi) is 9.13. The number of nitrogens with zero attached hydrogens (tertiary/aromatic N) is 5. The van der Waals surface area contributed by atoms with E-state index < -0.39 is 26.8 Å². The van der Waals surface area contributed by atoms with Crippen molar-refractivity contribution in [3.05, 3.63) is 78.8 Å². The molecule has 0 spiro atoms. The monoisotopic (exact) mass is 595 g/mol. The molecule has 1 saturated heterocycles. The minimum Gasteiger partial charge on any atom is -0.405 e. The quantitative estimate of drug-likeness (QED) is 0.138. The largest absolute Gasteiger partial charge is 0.405 e. The van der Waals surface area contributed by atoms with Gasteiger partial charge >= 0.3 is 0 Å². The van der Waals surface area contributed by atoms with Crippen LogP contribution >= 0.6 is 0 Å². The molecule has 5 rings (SSSR count). The third-order valence-electron chi connectivity index (χ3n) is 7.80. The van der Waals surface area contributed by atoms with Crippen molar-refractivity contribution in [2.75, 3.05) is 20.7 Å². The minimum absolute atomic E-state index is 0.178. The van der Waals surface area contributed by atoms with Gasteiger partial charge in [-0.25, -0.2) is 15.0 Å². The summed E-state index contributed by atoms with van der Waals surface area (Å²) in [6, 6.07) is 21.0. The maximum absolute atomic E-state index is 11.3. The molecular weight excluding hydrogens is 554 g/mol. The number of aliphatic hydroxyl groups excluding tert-OH is 1. The first-order chi connectivity index (χ1) is 20.7. The van der Waals surface area contributed by atoms with Crippen molar-refractivity contribution >= 4 is 41.9 Å². The topological polar surface area (TPSA) is 85.0 Å². The zero-order valence-corrected chi connectivity index (χ0v) is 26.9. The first kappa shape index (κ1) is 30.6. The van der Waals surface area contributed by atoms with Gasteiger partial charge in [0.15, 0.2) is 5.82 Å². The Morgan fingerprint density at radius 1 is 1.09 bits per heavy atom. The third-order valence-corrected chi connectivity index (χ3v) is 12.8. The molecule has 9 heteroatoms. The summed E-state index contributed by atoms with van der Waals surface area (Å²) < 4.78 is 15.6. The van der Waals surface area contributed by atoms with E-state index in [0.29, 0.717) is 17.9 Å². The van der Waals surface area contributed by atoms with Gasteiger partial charge in [0.05, 0.1) is 30.0 Å². The predicted octanol–water partition coefficient (Wildman–Crippen LogP) is 4.64. The van der Waals surface area contributed by atoms with Crippen LogP contribution in [0.5, 0.6) is 0 Å². The SMILES string of the molecule is CCC#Cc1cn(C2CC(O)C(CO[Si](c3ccccc3)(c3ccccc3)C(C)(C)C)O2)c2ncnc(N=CN(C)C)c12. The molecule has 3 unspecified atom stereocenters. The Bertz CT molecular complexity index is 1580. The number of fused-ring (bicyclic) bond motifs is 1. The molecule has 0 aliphatic carbocycles. The lowest BCUT2D eigenvalue weighted by Gasteiger charge is -2.43. The van der Waals surface area contributed by atoms with Gasteiger partial charge in [0.2, 0.25) is 0 Å². The highest BCUT2D eigenvalue weighted by Gasteiger charge is 2.51. The Balaban J connectivity index is 1.48. The first-order valence-corrected chi connectivity index (χ1v) is 16.7. The number of hydrogen-bond acceptors (Lipinski definition) is 6. The summed E-state index contributed by atoms with van der Waals surface area (Å²) in [7, 11) is 1.04. The lowest BCUT2D eigenvalue weighted by molar-refractivity contribution is -0.0397. The molecule has 8 nitrogen and oxygen atoms in total. The molecule has 1 aliphatic heterocycles. The van der Waals surface area contributed by atoms with E-state index in [1.54, 1.807) is 6.34 Å². The van der Waals surface area contributed by atoms with Crippen molar-refractivity contribution in [1.29, 1.82) is 0 Å². The molecule has 1 aliphatic rings. The lowest BCUT2D eigenvalue weighted by atomic mass is 10.2. The van der Waals surface area contributed by atoms with Gasteiger partial charge in [0.25, 0.3) is 8.32 Å². The summed E-state index contributed by atoms with van der Waals surface area (Å²) in [4.78, 5) is 15.5. The van der Waals surface area contributed by atoms with Gasteiger partial charge in [-0.05, 0) is 15.4 Å². The normalized spacial score (nSPS) is 19.1. The molecular formula is C34H41N5O3Si. The van der Waals surface area contributed by atoms with Crippen LogP contribution in [0.3, 0.4) is 0 Å². The molecule has 4 aromatic rings. The van der Waals surface area contributed by atoms with Gasteiger partial charge in [-0.3, -0.25) is 0 Å². The molecule has 3 atom stereocenters. The number of aromatic nitrogens is 3. The van der Waals surface area contributed by atoms with Crippen LogP contribution in [0.25, 0.3) is 11.0 Å². The highest BCUT2D eigenvalue weighted by molar-refractivity contribution is 6.99. The molecule has 43 heavy (non-hydrogen) atoms. The highest BCUT2D eigenvalue weighted by Crippen LogP contribution is 2.39. The van der Waals surface area contributed by atoms with E-state index in [4.69, 9.17) is 9.16 Å². The number of rotatable bonds is 8. The summed E-state index contributed by atoms with van der Waals surface area (Å²) in [5, 5.41) is 14.3. The van der Waals surface area contributed by atoms with Gasteiger partial charge in [-0.2, -0.15) is 0 Å². The molecule has 1 N–H and O–H groups in total. The van der Waals surface area contributed by atoms with Gasteiger partial charge in [0.1, 0.15) is 24.3 Å². The first-order valence-electron chi connectivity index (χ1n) is 14.8. The number of aliphatic imine (C=N–C) groups is 1. The fourth-order valence-electron chi connectivity index (χ4n) is 5.84. The summed E-state index contributed by atoms with van der Waals surface area (Å²) in [5.41, 5.74) is 1.46. The number of ether oxygens (including phenoxy) is 1. The second kappa shape index (κ2) is 12.8. The van der Waals surface area contributed by atoms with E-state index in [1.165, 1.54) is 16.7 Å². The van der Waals surface area contributed by atoms with Crippen molar-refractivity contribution in [3.63, 3.8) is 0 Å². The van der Waals surface area contributed by atoms with Crippen LogP contribution in [0.2, 0.25) is 5.04 Å². The number of hydrogen-bond donors (Lipinski definition) is 1. The fraction of sp³-hybridized carbons (Fsp3) is 0.382. The number of benzene rings is 2. The fourth-order valence-corrected chi connectivity index (χ4v) is 10.4. The van der Waals surface area contributed by atoms with Crippen LogP contribution < -0.4 is 10.4 Å². The van der Waals surface area contributed by atoms with Gasteiger partial charge in [-0.1, -0.05) is 100 Å². The summed E-state index contributed by atoms with van der Waals surface area (Å²) in [6.07, 6.45) is 4.62. The van der Waals surface area contributed by atoms with E-state index in [0.717, 1.165) is 17.4 Å². The van der Waals surface area contributed by atoms with E-state index in [9.17, 15) is 5.11 Å². The van der Waals surface area contributed by atoms with Crippen molar-refractivity contribution in [3.8, 4) is 11.8 Å². The highest BCUT2D eigenvalue weighted by atomic mass is 28.4. The maximum atomic E-state index is 11.3. The van der Waals surface area contributed by atoms with Crippen molar-refractivity contribution in [2.45, 2.75) is 64.0 Å². The Labute approximate surface area is 255 Å². The Morgan fingerprint density at radius 2 is 1.74 bits per heavy atom. The number of aliphatic hydroxyl groups is 1. The molecule has 0 radical (unpaired) electrons. The molecule has 0 amide bonds. The second-order valence-electron chi connectivity index (χ2n) is 12.1.